The van der Waals surface area contributed by atoms with Gasteiger partial charge in [-0.05, 0) is 63.2 Å². The highest BCUT2D eigenvalue weighted by molar-refractivity contribution is 7.92. The minimum atomic E-state index is -4.07. The number of benzene rings is 2. The van der Waals surface area contributed by atoms with Gasteiger partial charge in [0.25, 0.3) is 15.9 Å². The molecule has 0 aliphatic carbocycles. The summed E-state index contributed by atoms with van der Waals surface area (Å²) in [4.78, 5) is 29.7. The molecular weight excluding hydrogens is 578 g/mol. The number of aliphatic hydroxyl groups excluding tert-OH is 1. The van der Waals surface area contributed by atoms with Crippen molar-refractivity contribution in [3.05, 3.63) is 59.5 Å². The highest BCUT2D eigenvalue weighted by Crippen LogP contribution is 2.32. The molecule has 3 aromatic rings. The van der Waals surface area contributed by atoms with Crippen LogP contribution in [-0.4, -0.2) is 86.4 Å². The summed E-state index contributed by atoms with van der Waals surface area (Å²) in [6.07, 6.45) is -0.545. The largest absolute Gasteiger partial charge is 0.497 e. The molecule has 3 atom stereocenters. The van der Waals surface area contributed by atoms with Gasteiger partial charge in [0.2, 0.25) is 0 Å². The van der Waals surface area contributed by atoms with Gasteiger partial charge in [0, 0.05) is 30.9 Å². The average molecular weight is 616 g/mol. The number of hydrogen-bond acceptors (Lipinski definition) is 9. The number of amides is 3. The summed E-state index contributed by atoms with van der Waals surface area (Å²) >= 11 is 0. The Kier molecular flexibility index (Phi) is 9.50. The predicted molar refractivity (Wildman–Crippen MR) is 159 cm³/mol. The Labute approximate surface area is 250 Å². The smallest absolute Gasteiger partial charge is 0.321 e. The minimum absolute atomic E-state index is 0.0813. The lowest BCUT2D eigenvalue weighted by Gasteiger charge is -2.38. The molecule has 232 valence electrons. The van der Waals surface area contributed by atoms with Crippen molar-refractivity contribution in [1.82, 2.24) is 15.0 Å². The van der Waals surface area contributed by atoms with Gasteiger partial charge in [-0.1, -0.05) is 12.1 Å². The molecule has 0 saturated carbocycles. The number of likely N-dealkylation sites (N-methyl/N-ethyl adjacent to an activating group) is 1. The van der Waals surface area contributed by atoms with Crippen LogP contribution < -0.4 is 19.5 Å². The molecule has 3 amide bonds. The topological polar surface area (TPSA) is 164 Å². The number of aryl methyl sites for hydroxylation is 2. The average Bonchev–Trinajstić information content (AvgIpc) is 3.33. The number of carbonyl (C=O) groups is 2. The number of rotatable bonds is 9. The van der Waals surface area contributed by atoms with Crippen LogP contribution in [0, 0.1) is 19.8 Å². The van der Waals surface area contributed by atoms with Crippen LogP contribution in [0.1, 0.15) is 35.7 Å². The fourth-order valence-corrected chi connectivity index (χ4v) is 6.20. The maximum atomic E-state index is 13.7. The summed E-state index contributed by atoms with van der Waals surface area (Å²) in [5.74, 6) is 0.361. The molecule has 2 aromatic carbocycles. The van der Waals surface area contributed by atoms with Gasteiger partial charge in [-0.25, -0.2) is 13.2 Å². The lowest BCUT2D eigenvalue weighted by molar-refractivity contribution is 0.0371. The van der Waals surface area contributed by atoms with Crippen molar-refractivity contribution < 1.29 is 37.1 Å². The number of sulfonamides is 1. The Bertz CT molecular complexity index is 1550. The van der Waals surface area contributed by atoms with Crippen molar-refractivity contribution in [1.29, 1.82) is 0 Å². The van der Waals surface area contributed by atoms with Crippen molar-refractivity contribution in [2.75, 3.05) is 43.9 Å². The SMILES string of the molecule is COc1ccc(NC(=O)N(C)C[C@H]2Oc3ccc(NS(=O)(=O)c4c(C)noc4C)cc3C(=O)N([C@H](C)CO)C[C@@H]2C)cc1. The number of aromatic nitrogens is 1. The number of aliphatic hydroxyl groups is 1. The number of ether oxygens (including phenoxy) is 2. The first-order chi connectivity index (χ1) is 20.3. The van der Waals surface area contributed by atoms with Crippen LogP contribution in [0.3, 0.4) is 0 Å². The van der Waals surface area contributed by atoms with Crippen LogP contribution in [0.4, 0.5) is 16.2 Å². The number of hydrogen-bond donors (Lipinski definition) is 3. The molecule has 2 heterocycles. The molecule has 0 radical (unpaired) electrons. The van der Waals surface area contributed by atoms with Gasteiger partial charge in [-0.3, -0.25) is 9.52 Å². The molecule has 1 aliphatic heterocycles. The Hall–Kier alpha value is -4.30. The van der Waals surface area contributed by atoms with E-state index >= 15 is 0 Å². The van der Waals surface area contributed by atoms with Gasteiger partial charge in [0.15, 0.2) is 10.7 Å². The summed E-state index contributed by atoms with van der Waals surface area (Å²) in [5.41, 5.74) is 1.04. The standard InChI is InChI=1S/C29H37N5O8S/c1-17-14-34(18(2)16-35)28(36)24-13-22(32-43(38,39)27-19(3)31-42-20(27)4)9-12-25(24)41-26(17)15-33(5)29(37)30-21-7-10-23(40-6)11-8-21/h7-13,17-18,26,32,35H,14-16H2,1-6H3,(H,30,37)/t17-,18+,26+/m0/s1. The number of fused-ring (bicyclic) bond motifs is 1. The summed E-state index contributed by atoms with van der Waals surface area (Å²) in [6, 6.07) is 10.5. The predicted octanol–water partition coefficient (Wildman–Crippen LogP) is 3.48. The maximum Gasteiger partial charge on any atom is 0.321 e. The lowest BCUT2D eigenvalue weighted by atomic mass is 9.99. The van der Waals surface area contributed by atoms with Crippen molar-refractivity contribution >= 4 is 33.3 Å². The van der Waals surface area contributed by atoms with Gasteiger partial charge >= 0.3 is 6.03 Å². The highest BCUT2D eigenvalue weighted by atomic mass is 32.2. The number of urea groups is 1. The van der Waals surface area contributed by atoms with E-state index in [2.05, 4.69) is 15.2 Å². The molecule has 4 rings (SSSR count). The van der Waals surface area contributed by atoms with E-state index in [0.717, 1.165) is 0 Å². The Balaban J connectivity index is 1.61. The van der Waals surface area contributed by atoms with Gasteiger partial charge < -0.3 is 34.2 Å². The lowest BCUT2D eigenvalue weighted by Crippen LogP contribution is -2.50. The summed E-state index contributed by atoms with van der Waals surface area (Å²) in [5, 5.41) is 16.5. The number of methoxy groups -OCH3 is 1. The third-order valence-corrected chi connectivity index (χ3v) is 8.92. The van der Waals surface area contributed by atoms with E-state index in [0.29, 0.717) is 11.4 Å². The van der Waals surface area contributed by atoms with Crippen LogP contribution >= 0.6 is 0 Å². The van der Waals surface area contributed by atoms with E-state index in [9.17, 15) is 23.1 Å². The molecule has 3 N–H and O–H groups in total. The van der Waals surface area contributed by atoms with Crippen LogP contribution in [-0.2, 0) is 10.0 Å². The van der Waals surface area contributed by atoms with Crippen LogP contribution in [0.5, 0.6) is 11.5 Å². The van der Waals surface area contributed by atoms with E-state index in [4.69, 9.17) is 14.0 Å². The quantitative estimate of drug-likeness (QED) is 0.327. The molecule has 13 nitrogen and oxygen atoms in total. The number of nitrogens with one attached hydrogen (secondary N) is 2. The van der Waals surface area contributed by atoms with E-state index in [1.54, 1.807) is 45.3 Å². The molecule has 1 aromatic heterocycles. The first-order valence-electron chi connectivity index (χ1n) is 13.7. The molecule has 0 spiro atoms. The van der Waals surface area contributed by atoms with Gasteiger partial charge in [-0.2, -0.15) is 0 Å². The van der Waals surface area contributed by atoms with Gasteiger partial charge in [0.05, 0.1) is 31.9 Å². The molecule has 14 heteroatoms. The molecule has 0 fully saturated rings. The second kappa shape index (κ2) is 12.9. The van der Waals surface area contributed by atoms with E-state index in [1.807, 2.05) is 6.92 Å². The first-order valence-corrected chi connectivity index (χ1v) is 15.2. The van der Waals surface area contributed by atoms with E-state index in [-0.39, 0.29) is 65.0 Å². The zero-order valence-electron chi connectivity index (χ0n) is 24.9. The fraction of sp³-hybridized carbons (Fsp3) is 0.414. The summed E-state index contributed by atoms with van der Waals surface area (Å²) < 4.78 is 45.2. The minimum Gasteiger partial charge on any atom is -0.497 e. The van der Waals surface area contributed by atoms with Gasteiger partial charge in [-0.15, -0.1) is 0 Å². The summed E-state index contributed by atoms with van der Waals surface area (Å²) in [6.45, 7) is 6.78. The third kappa shape index (κ3) is 7.03. The first kappa shape index (κ1) is 31.6. The second-order valence-electron chi connectivity index (χ2n) is 10.6. The molecular formula is C29H37N5O8S. The molecule has 0 saturated heterocycles. The summed E-state index contributed by atoms with van der Waals surface area (Å²) in [7, 11) is -0.871. The molecule has 0 unspecified atom stereocenters. The molecule has 43 heavy (non-hydrogen) atoms. The fourth-order valence-electron chi connectivity index (χ4n) is 4.81. The van der Waals surface area contributed by atoms with E-state index in [1.165, 1.54) is 41.8 Å². The Morgan fingerprint density at radius 3 is 2.49 bits per heavy atom. The van der Waals surface area contributed by atoms with Crippen LogP contribution in [0.2, 0.25) is 0 Å². The Morgan fingerprint density at radius 1 is 1.21 bits per heavy atom. The second-order valence-corrected chi connectivity index (χ2v) is 12.3. The van der Waals surface area contributed by atoms with Crippen molar-refractivity contribution in [3.8, 4) is 11.5 Å². The zero-order valence-corrected chi connectivity index (χ0v) is 25.8. The number of anilines is 2. The number of nitrogens with zero attached hydrogens (tertiary/aromatic N) is 3. The van der Waals surface area contributed by atoms with Crippen molar-refractivity contribution in [2.45, 2.75) is 44.7 Å². The van der Waals surface area contributed by atoms with E-state index < -0.39 is 28.1 Å². The number of carbonyl (C=O) groups excluding carboxylic acids is 2. The monoisotopic (exact) mass is 615 g/mol. The Morgan fingerprint density at radius 2 is 1.88 bits per heavy atom. The normalized spacial score (nSPS) is 17.7. The molecule has 1 aliphatic rings. The highest BCUT2D eigenvalue weighted by Gasteiger charge is 2.34. The van der Waals surface area contributed by atoms with Crippen LogP contribution in [0.15, 0.2) is 51.9 Å². The van der Waals surface area contributed by atoms with Crippen molar-refractivity contribution in [2.24, 2.45) is 5.92 Å². The van der Waals surface area contributed by atoms with Gasteiger partial charge in [0.1, 0.15) is 23.3 Å². The third-order valence-electron chi connectivity index (χ3n) is 7.30. The van der Waals surface area contributed by atoms with Crippen molar-refractivity contribution in [3.63, 3.8) is 0 Å². The molecule has 0 bridgehead atoms. The maximum absolute atomic E-state index is 13.7. The van der Waals surface area contributed by atoms with Crippen LogP contribution in [0.25, 0.3) is 0 Å². The zero-order chi connectivity index (χ0) is 31.5.